The topological polar surface area (TPSA) is 84.2 Å². The van der Waals surface area contributed by atoms with Gasteiger partial charge in [-0.2, -0.15) is 4.98 Å². The zero-order valence-electron chi connectivity index (χ0n) is 14.1. The second kappa shape index (κ2) is 7.53. The highest BCUT2D eigenvalue weighted by Crippen LogP contribution is 2.30. The van der Waals surface area contributed by atoms with Gasteiger partial charge < -0.3 is 9.84 Å². The molecular formula is C17H23N5O2. The van der Waals surface area contributed by atoms with Gasteiger partial charge >= 0.3 is 0 Å². The summed E-state index contributed by atoms with van der Waals surface area (Å²) in [5, 5.41) is 6.88. The van der Waals surface area contributed by atoms with Crippen LogP contribution in [0.15, 0.2) is 28.9 Å². The highest BCUT2D eigenvalue weighted by atomic mass is 16.5. The number of hydrogen-bond acceptors (Lipinski definition) is 6. The van der Waals surface area contributed by atoms with Crippen molar-refractivity contribution in [3.63, 3.8) is 0 Å². The van der Waals surface area contributed by atoms with Crippen molar-refractivity contribution in [3.8, 4) is 0 Å². The lowest BCUT2D eigenvalue weighted by atomic mass is 10.0. The largest absolute Gasteiger partial charge is 0.338 e. The Bertz CT molecular complexity index is 671. The molecule has 0 aromatic carbocycles. The Morgan fingerprint density at radius 3 is 3.00 bits per heavy atom. The molecule has 0 saturated carbocycles. The predicted molar refractivity (Wildman–Crippen MR) is 89.4 cm³/mol. The molecule has 128 valence electrons. The Morgan fingerprint density at radius 1 is 1.42 bits per heavy atom. The van der Waals surface area contributed by atoms with E-state index in [1.165, 1.54) is 0 Å². The fourth-order valence-corrected chi connectivity index (χ4v) is 2.88. The average Bonchev–Trinajstić information content (AvgIpc) is 3.06. The molecule has 7 heteroatoms. The van der Waals surface area contributed by atoms with Crippen LogP contribution in [0.4, 0.5) is 5.82 Å². The van der Waals surface area contributed by atoms with Crippen LogP contribution >= 0.6 is 0 Å². The lowest BCUT2D eigenvalue weighted by Crippen LogP contribution is -2.39. The first-order valence-corrected chi connectivity index (χ1v) is 8.42. The molecule has 1 saturated heterocycles. The molecule has 1 aliphatic rings. The molecule has 1 N–H and O–H groups in total. The highest BCUT2D eigenvalue weighted by molar-refractivity contribution is 5.91. The second-order valence-electron chi connectivity index (χ2n) is 6.39. The molecule has 1 unspecified atom stereocenters. The van der Waals surface area contributed by atoms with Gasteiger partial charge in [-0.05, 0) is 31.5 Å². The predicted octanol–water partition coefficient (Wildman–Crippen LogP) is 2.75. The maximum absolute atomic E-state index is 12.3. The molecule has 0 spiro atoms. The van der Waals surface area contributed by atoms with Crippen LogP contribution < -0.4 is 5.32 Å². The first-order chi connectivity index (χ1) is 11.6. The standard InChI is InChI=1S/C17H23N5O2/c1-12(2)16-20-17(24-21-16)13-7-4-6-10-22(13)11-15(23)19-14-8-3-5-9-18-14/h3,5,8-9,12-13H,4,6-7,10-11H2,1-2H3,(H,18,19,23). The maximum Gasteiger partial charge on any atom is 0.244 e. The zero-order valence-corrected chi connectivity index (χ0v) is 14.1. The molecule has 1 aliphatic heterocycles. The molecule has 1 amide bonds. The van der Waals surface area contributed by atoms with Gasteiger partial charge in [-0.15, -0.1) is 0 Å². The number of pyridine rings is 1. The van der Waals surface area contributed by atoms with Gasteiger partial charge in [0.2, 0.25) is 11.8 Å². The van der Waals surface area contributed by atoms with E-state index in [-0.39, 0.29) is 17.9 Å². The average molecular weight is 329 g/mol. The Kier molecular flexibility index (Phi) is 5.20. The van der Waals surface area contributed by atoms with E-state index in [0.29, 0.717) is 24.1 Å². The number of rotatable bonds is 5. The van der Waals surface area contributed by atoms with Gasteiger partial charge in [0.05, 0.1) is 12.6 Å². The molecule has 24 heavy (non-hydrogen) atoms. The number of piperidine rings is 1. The van der Waals surface area contributed by atoms with Gasteiger partial charge in [-0.1, -0.05) is 31.5 Å². The molecule has 0 aliphatic carbocycles. The van der Waals surface area contributed by atoms with E-state index in [0.717, 1.165) is 25.8 Å². The Hall–Kier alpha value is -2.28. The zero-order chi connectivity index (χ0) is 16.9. The van der Waals surface area contributed by atoms with Crippen LogP contribution in [0.5, 0.6) is 0 Å². The van der Waals surface area contributed by atoms with E-state index in [4.69, 9.17) is 4.52 Å². The number of nitrogens with one attached hydrogen (secondary N) is 1. The van der Waals surface area contributed by atoms with Crippen molar-refractivity contribution in [1.29, 1.82) is 0 Å². The van der Waals surface area contributed by atoms with Crippen molar-refractivity contribution >= 4 is 11.7 Å². The Morgan fingerprint density at radius 2 is 2.29 bits per heavy atom. The first-order valence-electron chi connectivity index (χ1n) is 8.42. The van der Waals surface area contributed by atoms with Crippen LogP contribution in [0.25, 0.3) is 0 Å². The summed E-state index contributed by atoms with van der Waals surface area (Å²) in [5.74, 6) is 2.05. The summed E-state index contributed by atoms with van der Waals surface area (Å²) >= 11 is 0. The number of likely N-dealkylation sites (tertiary alicyclic amines) is 1. The third-order valence-corrected chi connectivity index (χ3v) is 4.15. The number of nitrogens with zero attached hydrogens (tertiary/aromatic N) is 4. The highest BCUT2D eigenvalue weighted by Gasteiger charge is 2.30. The molecule has 1 atom stereocenters. The second-order valence-corrected chi connectivity index (χ2v) is 6.39. The SMILES string of the molecule is CC(C)c1noc(C2CCCCN2CC(=O)Nc2ccccn2)n1. The van der Waals surface area contributed by atoms with Gasteiger partial charge in [0.25, 0.3) is 0 Å². The minimum atomic E-state index is -0.0794. The molecule has 3 rings (SSSR count). The molecule has 2 aromatic rings. The normalized spacial score (nSPS) is 18.7. The molecule has 3 heterocycles. The summed E-state index contributed by atoms with van der Waals surface area (Å²) in [5.41, 5.74) is 0. The monoisotopic (exact) mass is 329 g/mol. The van der Waals surface area contributed by atoms with Crippen molar-refractivity contribution < 1.29 is 9.32 Å². The fraction of sp³-hybridized carbons (Fsp3) is 0.529. The summed E-state index contributed by atoms with van der Waals surface area (Å²) in [6.45, 7) is 5.21. The summed E-state index contributed by atoms with van der Waals surface area (Å²) in [7, 11) is 0. The van der Waals surface area contributed by atoms with Gasteiger partial charge in [-0.25, -0.2) is 4.98 Å². The molecule has 1 fully saturated rings. The van der Waals surface area contributed by atoms with E-state index >= 15 is 0 Å². The number of carbonyl (C=O) groups is 1. The Labute approximate surface area is 141 Å². The van der Waals surface area contributed by atoms with Gasteiger partial charge in [0.1, 0.15) is 5.82 Å². The van der Waals surface area contributed by atoms with E-state index in [2.05, 4.69) is 25.3 Å². The quantitative estimate of drug-likeness (QED) is 0.908. The summed E-state index contributed by atoms with van der Waals surface area (Å²) in [6.07, 6.45) is 4.75. The molecule has 2 aromatic heterocycles. The van der Waals surface area contributed by atoms with E-state index in [9.17, 15) is 4.79 Å². The van der Waals surface area contributed by atoms with Gasteiger partial charge in [0.15, 0.2) is 5.82 Å². The van der Waals surface area contributed by atoms with Crippen LogP contribution in [0.3, 0.4) is 0 Å². The fourth-order valence-electron chi connectivity index (χ4n) is 2.88. The number of anilines is 1. The molecule has 0 radical (unpaired) electrons. The number of amides is 1. The van der Waals surface area contributed by atoms with E-state index < -0.39 is 0 Å². The number of carbonyl (C=O) groups excluding carboxylic acids is 1. The van der Waals surface area contributed by atoms with Crippen LogP contribution in [0, 0.1) is 0 Å². The van der Waals surface area contributed by atoms with E-state index in [1.807, 2.05) is 26.0 Å². The summed E-state index contributed by atoms with van der Waals surface area (Å²) in [6, 6.07) is 5.45. The first kappa shape index (κ1) is 16.6. The van der Waals surface area contributed by atoms with Crippen molar-refractivity contribution in [2.24, 2.45) is 0 Å². The Balaban J connectivity index is 1.66. The smallest absolute Gasteiger partial charge is 0.244 e. The minimum absolute atomic E-state index is 0.00762. The van der Waals surface area contributed by atoms with Crippen LogP contribution in [0.1, 0.15) is 56.8 Å². The lowest BCUT2D eigenvalue weighted by Gasteiger charge is -2.32. The maximum atomic E-state index is 12.3. The lowest BCUT2D eigenvalue weighted by molar-refractivity contribution is -0.118. The van der Waals surface area contributed by atoms with Gasteiger partial charge in [-0.3, -0.25) is 9.69 Å². The summed E-state index contributed by atoms with van der Waals surface area (Å²) < 4.78 is 5.45. The van der Waals surface area contributed by atoms with E-state index in [1.54, 1.807) is 12.3 Å². The van der Waals surface area contributed by atoms with Crippen molar-refractivity contribution in [3.05, 3.63) is 36.1 Å². The number of aromatic nitrogens is 3. The minimum Gasteiger partial charge on any atom is -0.338 e. The van der Waals surface area contributed by atoms with Crippen molar-refractivity contribution in [1.82, 2.24) is 20.0 Å². The van der Waals surface area contributed by atoms with Crippen LogP contribution in [-0.2, 0) is 4.79 Å². The van der Waals surface area contributed by atoms with Crippen molar-refractivity contribution in [2.45, 2.75) is 45.1 Å². The molecule has 0 bridgehead atoms. The molecule has 7 nitrogen and oxygen atoms in total. The molecular weight excluding hydrogens is 306 g/mol. The number of hydrogen-bond donors (Lipinski definition) is 1. The summed E-state index contributed by atoms with van der Waals surface area (Å²) in [4.78, 5) is 23.1. The van der Waals surface area contributed by atoms with Crippen molar-refractivity contribution in [2.75, 3.05) is 18.4 Å². The van der Waals surface area contributed by atoms with Gasteiger partial charge in [0, 0.05) is 12.1 Å². The van der Waals surface area contributed by atoms with Crippen LogP contribution in [0.2, 0.25) is 0 Å². The third-order valence-electron chi connectivity index (χ3n) is 4.15. The van der Waals surface area contributed by atoms with Crippen LogP contribution in [-0.4, -0.2) is 39.0 Å². The third kappa shape index (κ3) is 3.97.